The highest BCUT2D eigenvalue weighted by Crippen LogP contribution is 2.12. The second-order valence-electron chi connectivity index (χ2n) is 1.16. The molecule has 5 nitrogen and oxygen atoms in total. The van der Waals surface area contributed by atoms with Crippen LogP contribution in [0.1, 0.15) is 10.5 Å². The van der Waals surface area contributed by atoms with Crippen LogP contribution in [-0.2, 0) is 0 Å². The Kier molecular flexibility index (Phi) is 1.81. The van der Waals surface area contributed by atoms with Crippen molar-refractivity contribution in [3.63, 3.8) is 0 Å². The third-order valence-electron chi connectivity index (χ3n) is 0.680. The molecule has 0 amide bonds. The maximum Gasteiger partial charge on any atom is 0.198 e. The first-order valence-corrected chi connectivity index (χ1v) is 2.75. The number of aldehydes is 1. The molecule has 0 bridgehead atoms. The molecule has 0 atom stereocenters. The van der Waals surface area contributed by atoms with E-state index in [0.29, 0.717) is 18.3 Å². The maximum atomic E-state index is 9.96. The van der Waals surface area contributed by atoms with Crippen LogP contribution in [0.4, 0.5) is 0 Å². The van der Waals surface area contributed by atoms with E-state index in [1.165, 1.54) is 0 Å². The minimum Gasteiger partial charge on any atom is -0.324 e. The van der Waals surface area contributed by atoms with Crippen LogP contribution < -0.4 is 0 Å². The molecule has 0 fully saturated rings. The van der Waals surface area contributed by atoms with Gasteiger partial charge in [0.1, 0.15) is 0 Å². The lowest BCUT2D eigenvalue weighted by Crippen LogP contribution is -1.80. The predicted octanol–water partition coefficient (Wildman–Crippen LogP) is 0.447. The number of aromatic nitrogens is 2. The molecule has 48 valence electrons. The van der Waals surface area contributed by atoms with Gasteiger partial charge in [-0.1, -0.05) is 0 Å². The summed E-state index contributed by atoms with van der Waals surface area (Å²) in [6.45, 7) is 0. The molecule has 0 spiro atoms. The van der Waals surface area contributed by atoms with E-state index in [1.54, 1.807) is 0 Å². The van der Waals surface area contributed by atoms with Gasteiger partial charge in [-0.15, -0.1) is 0 Å². The number of carbonyl (C=O) groups is 1. The molecule has 1 aromatic heterocycles. The lowest BCUT2D eigenvalue weighted by atomic mass is 10.5. The first kappa shape index (κ1) is 6.24. The molecule has 1 rings (SSSR count). The monoisotopic (exact) mass is 146 g/mol. The number of nitrogens with zero attached hydrogens (tertiary/aromatic N) is 2. The fourth-order valence-corrected chi connectivity index (χ4v) is 0.568. The summed E-state index contributed by atoms with van der Waals surface area (Å²) in [5.74, 6) is 0. The highest BCUT2D eigenvalue weighted by Gasteiger charge is 2.06. The fraction of sp³-hybridized carbons (Fsp3) is 0. The summed E-state index contributed by atoms with van der Waals surface area (Å²) >= 11 is 0.328. The molecular formula is C3H2N2O3S. The molecule has 1 N–H and O–H groups in total. The van der Waals surface area contributed by atoms with E-state index in [0.717, 1.165) is 0 Å². The summed E-state index contributed by atoms with van der Waals surface area (Å²) in [6, 6.07) is 0. The van der Waals surface area contributed by atoms with Crippen LogP contribution in [0.15, 0.2) is 9.65 Å². The Balaban J connectivity index is 2.98. The molecule has 9 heavy (non-hydrogen) atoms. The highest BCUT2D eigenvalue weighted by atomic mass is 32.2. The van der Waals surface area contributed by atoms with Crippen LogP contribution in [0.5, 0.6) is 0 Å². The van der Waals surface area contributed by atoms with E-state index < -0.39 is 0 Å². The van der Waals surface area contributed by atoms with Gasteiger partial charge < -0.3 is 4.55 Å². The van der Waals surface area contributed by atoms with Gasteiger partial charge >= 0.3 is 0 Å². The van der Waals surface area contributed by atoms with E-state index in [-0.39, 0.29) is 10.7 Å². The van der Waals surface area contributed by atoms with Gasteiger partial charge in [0, 0.05) is 0 Å². The van der Waals surface area contributed by atoms with Gasteiger partial charge in [0.25, 0.3) is 0 Å². The van der Waals surface area contributed by atoms with Crippen LogP contribution in [0.2, 0.25) is 0 Å². The molecule has 6 heteroatoms. The number of carbonyl (C=O) groups excluding carboxylic acids is 1. The smallest absolute Gasteiger partial charge is 0.198 e. The second-order valence-corrected chi connectivity index (χ2v) is 1.73. The maximum absolute atomic E-state index is 9.96. The van der Waals surface area contributed by atoms with Crippen molar-refractivity contribution in [2.24, 2.45) is 0 Å². The third kappa shape index (κ3) is 1.08. The average Bonchev–Trinajstić information content (AvgIpc) is 2.33. The molecule has 0 aliphatic heterocycles. The molecule has 0 radical (unpaired) electrons. The minimum absolute atomic E-state index is 0.0162. The zero-order valence-electron chi connectivity index (χ0n) is 4.14. The molecule has 0 saturated heterocycles. The standard InChI is InChI=1S/C3H2N2O3S/c6-1-2-3(9-7)5-8-4-2/h1,7H. The quantitative estimate of drug-likeness (QED) is 0.482. The van der Waals surface area contributed by atoms with Crippen molar-refractivity contribution in [1.82, 2.24) is 10.3 Å². The summed E-state index contributed by atoms with van der Waals surface area (Å²) in [5.41, 5.74) is 0.0162. The fourth-order valence-electron chi connectivity index (χ4n) is 0.323. The van der Waals surface area contributed by atoms with Crippen molar-refractivity contribution in [3.05, 3.63) is 5.69 Å². The Morgan fingerprint density at radius 2 is 2.44 bits per heavy atom. The largest absolute Gasteiger partial charge is 0.324 e. The number of hydrogen-bond acceptors (Lipinski definition) is 6. The first-order valence-electron chi connectivity index (χ1n) is 1.97. The summed E-state index contributed by atoms with van der Waals surface area (Å²) in [5, 5.41) is 6.46. The summed E-state index contributed by atoms with van der Waals surface area (Å²) in [7, 11) is 0. The Labute approximate surface area is 54.2 Å². The zero-order valence-corrected chi connectivity index (χ0v) is 4.96. The second kappa shape index (κ2) is 2.60. The molecule has 1 heterocycles. The van der Waals surface area contributed by atoms with Crippen LogP contribution in [0, 0.1) is 0 Å². The van der Waals surface area contributed by atoms with E-state index >= 15 is 0 Å². The van der Waals surface area contributed by atoms with Gasteiger partial charge in [-0.2, -0.15) is 0 Å². The van der Waals surface area contributed by atoms with E-state index in [2.05, 4.69) is 14.9 Å². The van der Waals surface area contributed by atoms with Crippen LogP contribution in [0.25, 0.3) is 0 Å². The summed E-state index contributed by atoms with van der Waals surface area (Å²) in [4.78, 5) is 9.96. The topological polar surface area (TPSA) is 76.2 Å². The molecule has 0 unspecified atom stereocenters. The van der Waals surface area contributed by atoms with Gasteiger partial charge in [0.2, 0.25) is 0 Å². The normalized spacial score (nSPS) is 9.44. The Hall–Kier alpha value is -0.880. The van der Waals surface area contributed by atoms with Crippen molar-refractivity contribution in [2.75, 3.05) is 0 Å². The first-order chi connectivity index (χ1) is 4.38. The van der Waals surface area contributed by atoms with Crippen molar-refractivity contribution >= 4 is 18.3 Å². The minimum atomic E-state index is 0.0162. The Bertz CT molecular complexity index is 211. The summed E-state index contributed by atoms with van der Waals surface area (Å²) in [6.07, 6.45) is 0.453. The van der Waals surface area contributed by atoms with E-state index in [4.69, 9.17) is 4.55 Å². The van der Waals surface area contributed by atoms with Crippen LogP contribution in [-0.4, -0.2) is 21.2 Å². The Morgan fingerprint density at radius 1 is 1.67 bits per heavy atom. The van der Waals surface area contributed by atoms with E-state index in [9.17, 15) is 4.79 Å². The van der Waals surface area contributed by atoms with Gasteiger partial charge in [0.15, 0.2) is 17.0 Å². The van der Waals surface area contributed by atoms with E-state index in [1.807, 2.05) is 0 Å². The van der Waals surface area contributed by atoms with Crippen LogP contribution >= 0.6 is 12.0 Å². The molecule has 0 aliphatic carbocycles. The zero-order chi connectivity index (χ0) is 6.69. The molecule has 0 aromatic carbocycles. The van der Waals surface area contributed by atoms with Gasteiger partial charge in [0.05, 0.1) is 12.0 Å². The highest BCUT2D eigenvalue weighted by molar-refractivity contribution is 7.93. The molecular weight excluding hydrogens is 144 g/mol. The molecule has 1 aromatic rings. The van der Waals surface area contributed by atoms with Crippen molar-refractivity contribution < 1.29 is 14.0 Å². The molecule has 0 saturated carbocycles. The Morgan fingerprint density at radius 3 is 2.89 bits per heavy atom. The van der Waals surface area contributed by atoms with Gasteiger partial charge in [-0.3, -0.25) is 4.79 Å². The van der Waals surface area contributed by atoms with Crippen molar-refractivity contribution in [1.29, 1.82) is 0 Å². The lowest BCUT2D eigenvalue weighted by molar-refractivity contribution is 0.111. The number of rotatable bonds is 2. The predicted molar refractivity (Wildman–Crippen MR) is 28.2 cm³/mol. The van der Waals surface area contributed by atoms with Crippen molar-refractivity contribution in [2.45, 2.75) is 5.03 Å². The SMILES string of the molecule is O=Cc1nonc1SO. The van der Waals surface area contributed by atoms with Gasteiger partial charge in [-0.05, 0) is 10.3 Å². The average molecular weight is 146 g/mol. The van der Waals surface area contributed by atoms with Crippen molar-refractivity contribution in [3.8, 4) is 0 Å². The third-order valence-corrected chi connectivity index (χ3v) is 1.14. The van der Waals surface area contributed by atoms with Gasteiger partial charge in [-0.25, -0.2) is 4.63 Å². The number of hydrogen-bond donors (Lipinski definition) is 1. The molecule has 0 aliphatic rings. The summed E-state index contributed by atoms with van der Waals surface area (Å²) < 4.78 is 12.4. The lowest BCUT2D eigenvalue weighted by Gasteiger charge is -1.77. The van der Waals surface area contributed by atoms with Crippen LogP contribution in [0.3, 0.4) is 0 Å².